The summed E-state index contributed by atoms with van der Waals surface area (Å²) in [5.74, 6) is -1.14. The highest BCUT2D eigenvalue weighted by Crippen LogP contribution is 2.04. The maximum atomic E-state index is 11.1. The third-order valence-electron chi connectivity index (χ3n) is 1.75. The lowest BCUT2D eigenvalue weighted by atomic mass is 10.0. The Bertz CT molecular complexity index is 261. The summed E-state index contributed by atoms with van der Waals surface area (Å²) in [4.78, 5) is 21.9. The van der Waals surface area contributed by atoms with Crippen LogP contribution in [0.2, 0.25) is 0 Å². The lowest BCUT2D eigenvalue weighted by molar-refractivity contribution is -0.140. The van der Waals surface area contributed by atoms with E-state index in [9.17, 15) is 9.59 Å². The Morgan fingerprint density at radius 1 is 1.40 bits per heavy atom. The molecule has 5 nitrogen and oxygen atoms in total. The van der Waals surface area contributed by atoms with E-state index in [4.69, 9.17) is 5.11 Å². The third-order valence-corrected chi connectivity index (χ3v) is 1.75. The van der Waals surface area contributed by atoms with Crippen LogP contribution in [0.3, 0.4) is 0 Å². The molecule has 1 atom stereocenters. The van der Waals surface area contributed by atoms with Gasteiger partial charge in [-0.15, -0.1) is 0 Å². The summed E-state index contributed by atoms with van der Waals surface area (Å²) in [5, 5.41) is 8.84. The van der Waals surface area contributed by atoms with Gasteiger partial charge >= 0.3 is 5.97 Å². The average molecular weight is 214 g/mol. The van der Waals surface area contributed by atoms with Crippen molar-refractivity contribution in [1.82, 2.24) is 10.9 Å². The molecule has 0 heterocycles. The molecule has 0 spiro atoms. The molecule has 0 aromatic rings. The van der Waals surface area contributed by atoms with Crippen LogP contribution in [-0.4, -0.2) is 23.0 Å². The van der Waals surface area contributed by atoms with Gasteiger partial charge in [0.15, 0.2) is 0 Å². The van der Waals surface area contributed by atoms with Crippen LogP contribution in [0, 0.1) is 5.92 Å². The van der Waals surface area contributed by atoms with Crippen LogP contribution in [0.5, 0.6) is 0 Å². The molecule has 0 saturated heterocycles. The second kappa shape index (κ2) is 6.19. The van der Waals surface area contributed by atoms with Gasteiger partial charge in [-0.3, -0.25) is 15.0 Å². The molecule has 0 radical (unpaired) electrons. The van der Waals surface area contributed by atoms with Gasteiger partial charge in [0.1, 0.15) is 6.04 Å². The van der Waals surface area contributed by atoms with E-state index in [1.54, 1.807) is 6.92 Å². The predicted molar refractivity (Wildman–Crippen MR) is 57.0 cm³/mol. The molecule has 1 amide bonds. The van der Waals surface area contributed by atoms with Crippen LogP contribution in [-0.2, 0) is 9.59 Å². The Kier molecular flexibility index (Phi) is 5.62. The number of hydrogen-bond donors (Lipinski definition) is 3. The molecule has 5 heteroatoms. The summed E-state index contributed by atoms with van der Waals surface area (Å²) in [6, 6.07) is -0.770. The van der Waals surface area contributed by atoms with Crippen LogP contribution in [0.4, 0.5) is 0 Å². The fourth-order valence-corrected chi connectivity index (χ4v) is 0.952. The van der Waals surface area contributed by atoms with Crippen LogP contribution in [0.25, 0.3) is 0 Å². The van der Waals surface area contributed by atoms with Crippen molar-refractivity contribution in [3.05, 3.63) is 12.2 Å². The largest absolute Gasteiger partial charge is 0.480 e. The summed E-state index contributed by atoms with van der Waals surface area (Å²) < 4.78 is 0. The number of amides is 1. The Labute approximate surface area is 89.5 Å². The van der Waals surface area contributed by atoms with E-state index in [2.05, 4.69) is 17.4 Å². The van der Waals surface area contributed by atoms with Crippen molar-refractivity contribution in [1.29, 1.82) is 0 Å². The van der Waals surface area contributed by atoms with E-state index in [0.29, 0.717) is 12.0 Å². The third kappa shape index (κ3) is 5.85. The van der Waals surface area contributed by atoms with E-state index in [1.165, 1.54) is 0 Å². The van der Waals surface area contributed by atoms with Gasteiger partial charge < -0.3 is 5.11 Å². The van der Waals surface area contributed by atoms with Crippen LogP contribution in [0.1, 0.15) is 27.2 Å². The Morgan fingerprint density at radius 3 is 2.27 bits per heavy atom. The first-order chi connectivity index (χ1) is 6.84. The van der Waals surface area contributed by atoms with Gasteiger partial charge in [-0.2, -0.15) is 0 Å². The van der Waals surface area contributed by atoms with Gasteiger partial charge in [-0.1, -0.05) is 20.4 Å². The van der Waals surface area contributed by atoms with E-state index < -0.39 is 17.9 Å². The summed E-state index contributed by atoms with van der Waals surface area (Å²) in [6.45, 7) is 8.82. The van der Waals surface area contributed by atoms with Crippen molar-refractivity contribution >= 4 is 11.9 Å². The maximum absolute atomic E-state index is 11.1. The van der Waals surface area contributed by atoms with Gasteiger partial charge in [-0.25, -0.2) is 5.43 Å². The molecular weight excluding hydrogens is 196 g/mol. The summed E-state index contributed by atoms with van der Waals surface area (Å²) in [5.41, 5.74) is 5.10. The molecule has 0 rings (SSSR count). The minimum atomic E-state index is -0.981. The van der Waals surface area contributed by atoms with E-state index >= 15 is 0 Å². The summed E-state index contributed by atoms with van der Waals surface area (Å²) >= 11 is 0. The van der Waals surface area contributed by atoms with E-state index in [0.717, 1.165) is 0 Å². The molecular formula is C10H18N2O3. The summed E-state index contributed by atoms with van der Waals surface area (Å²) in [7, 11) is 0. The van der Waals surface area contributed by atoms with Crippen molar-refractivity contribution < 1.29 is 14.7 Å². The van der Waals surface area contributed by atoms with Crippen molar-refractivity contribution in [2.45, 2.75) is 33.2 Å². The van der Waals surface area contributed by atoms with Crippen LogP contribution < -0.4 is 10.9 Å². The van der Waals surface area contributed by atoms with Gasteiger partial charge in [0.2, 0.25) is 0 Å². The molecule has 0 bridgehead atoms. The number of carboxylic acid groups (broad SMARTS) is 1. The smallest absolute Gasteiger partial charge is 0.322 e. The van der Waals surface area contributed by atoms with Crippen molar-refractivity contribution in [3.8, 4) is 0 Å². The van der Waals surface area contributed by atoms with Gasteiger partial charge in [0, 0.05) is 5.57 Å². The predicted octanol–water partition coefficient (Wildman–Crippen LogP) is 0.683. The lowest BCUT2D eigenvalue weighted by Crippen LogP contribution is -2.48. The molecule has 0 aromatic carbocycles. The maximum Gasteiger partial charge on any atom is 0.322 e. The minimum Gasteiger partial charge on any atom is -0.480 e. The average Bonchev–Trinajstić information content (AvgIpc) is 2.10. The highest BCUT2D eigenvalue weighted by molar-refractivity contribution is 5.91. The zero-order chi connectivity index (χ0) is 12.0. The number of carboxylic acids is 1. The number of rotatable bonds is 6. The number of carbonyl (C=O) groups is 2. The number of carbonyl (C=O) groups excluding carboxylic acids is 1. The standard InChI is InChI=1S/C10H18N2O3/c1-6(2)5-8(10(14)15)11-12-9(13)7(3)4/h6,8,11H,3,5H2,1-2,4H3,(H,12,13)(H,14,15). The van der Waals surface area contributed by atoms with Crippen LogP contribution >= 0.6 is 0 Å². The molecule has 1 unspecified atom stereocenters. The SMILES string of the molecule is C=C(C)C(=O)NNC(CC(C)C)C(=O)O. The number of nitrogens with one attached hydrogen (secondary N) is 2. The lowest BCUT2D eigenvalue weighted by Gasteiger charge is -2.16. The molecule has 0 fully saturated rings. The fourth-order valence-electron chi connectivity index (χ4n) is 0.952. The highest BCUT2D eigenvalue weighted by atomic mass is 16.4. The molecule has 0 aliphatic carbocycles. The normalized spacial score (nSPS) is 12.3. The Morgan fingerprint density at radius 2 is 1.93 bits per heavy atom. The second-order valence-electron chi connectivity index (χ2n) is 3.90. The second-order valence-corrected chi connectivity index (χ2v) is 3.90. The number of hydrazine groups is 1. The fraction of sp³-hybridized carbons (Fsp3) is 0.600. The first kappa shape index (κ1) is 13.6. The molecule has 15 heavy (non-hydrogen) atoms. The highest BCUT2D eigenvalue weighted by Gasteiger charge is 2.18. The summed E-state index contributed by atoms with van der Waals surface area (Å²) in [6.07, 6.45) is 0.450. The first-order valence-electron chi connectivity index (χ1n) is 4.78. The first-order valence-corrected chi connectivity index (χ1v) is 4.78. The number of aliphatic carboxylic acids is 1. The van der Waals surface area contributed by atoms with Crippen molar-refractivity contribution in [2.24, 2.45) is 5.92 Å². The Balaban J connectivity index is 4.13. The molecule has 86 valence electrons. The molecule has 3 N–H and O–H groups in total. The zero-order valence-corrected chi connectivity index (χ0v) is 9.33. The van der Waals surface area contributed by atoms with Crippen molar-refractivity contribution in [3.63, 3.8) is 0 Å². The molecule has 0 saturated carbocycles. The quantitative estimate of drug-likeness (QED) is 0.449. The van der Waals surface area contributed by atoms with Crippen molar-refractivity contribution in [2.75, 3.05) is 0 Å². The Hall–Kier alpha value is -1.36. The zero-order valence-electron chi connectivity index (χ0n) is 9.33. The number of hydrogen-bond acceptors (Lipinski definition) is 3. The van der Waals surface area contributed by atoms with Crippen LogP contribution in [0.15, 0.2) is 12.2 Å². The molecule has 0 aliphatic rings. The van der Waals surface area contributed by atoms with Gasteiger partial charge in [0.25, 0.3) is 5.91 Å². The monoisotopic (exact) mass is 214 g/mol. The minimum absolute atomic E-state index is 0.236. The molecule has 0 aliphatic heterocycles. The topological polar surface area (TPSA) is 78.4 Å². The molecule has 0 aromatic heterocycles. The van der Waals surface area contributed by atoms with Gasteiger partial charge in [-0.05, 0) is 19.3 Å². The van der Waals surface area contributed by atoms with E-state index in [1.807, 2.05) is 13.8 Å². The van der Waals surface area contributed by atoms with E-state index in [-0.39, 0.29) is 5.92 Å². The van der Waals surface area contributed by atoms with Gasteiger partial charge in [0.05, 0.1) is 0 Å².